The zero-order chi connectivity index (χ0) is 16.9. The Hall–Kier alpha value is -2.59. The van der Waals surface area contributed by atoms with Gasteiger partial charge in [0.05, 0.1) is 17.6 Å². The molecule has 0 aliphatic rings. The Morgan fingerprint density at radius 2 is 2.00 bits per heavy atom. The SMILES string of the molecule is CN(CCOc1cccc(Cl)c1)C(=O)c1ccnc2ccccc12. The van der Waals surface area contributed by atoms with Crippen molar-refractivity contribution in [1.29, 1.82) is 0 Å². The number of carbonyl (C=O) groups is 1. The van der Waals surface area contributed by atoms with Gasteiger partial charge in [0.25, 0.3) is 5.91 Å². The quantitative estimate of drug-likeness (QED) is 0.704. The third-order valence-electron chi connectivity index (χ3n) is 3.72. The van der Waals surface area contributed by atoms with E-state index in [4.69, 9.17) is 16.3 Å². The third kappa shape index (κ3) is 3.66. The van der Waals surface area contributed by atoms with E-state index < -0.39 is 0 Å². The van der Waals surface area contributed by atoms with Gasteiger partial charge in [-0.05, 0) is 30.3 Å². The number of hydrogen-bond donors (Lipinski definition) is 0. The van der Waals surface area contributed by atoms with Gasteiger partial charge in [0.1, 0.15) is 12.4 Å². The molecule has 0 fully saturated rings. The summed E-state index contributed by atoms with van der Waals surface area (Å²) in [6.07, 6.45) is 1.66. The van der Waals surface area contributed by atoms with Crippen LogP contribution in [0.15, 0.2) is 60.8 Å². The van der Waals surface area contributed by atoms with Gasteiger partial charge in [-0.2, -0.15) is 0 Å². The van der Waals surface area contributed by atoms with Gasteiger partial charge in [0.15, 0.2) is 0 Å². The van der Waals surface area contributed by atoms with Crippen LogP contribution in [0, 0.1) is 0 Å². The Kier molecular flexibility index (Phi) is 4.96. The van der Waals surface area contributed by atoms with Crippen LogP contribution in [-0.4, -0.2) is 36.0 Å². The minimum Gasteiger partial charge on any atom is -0.492 e. The van der Waals surface area contributed by atoms with E-state index in [0.29, 0.717) is 29.5 Å². The Morgan fingerprint density at radius 3 is 2.83 bits per heavy atom. The van der Waals surface area contributed by atoms with Gasteiger partial charge in [-0.3, -0.25) is 9.78 Å². The highest BCUT2D eigenvalue weighted by Crippen LogP contribution is 2.18. The van der Waals surface area contributed by atoms with Gasteiger partial charge in [0.2, 0.25) is 0 Å². The van der Waals surface area contributed by atoms with Crippen LogP contribution < -0.4 is 4.74 Å². The molecule has 0 spiro atoms. The lowest BCUT2D eigenvalue weighted by atomic mass is 10.1. The number of ether oxygens (including phenoxy) is 1. The first-order chi connectivity index (χ1) is 11.6. The molecule has 0 unspecified atom stereocenters. The number of halogens is 1. The Balaban J connectivity index is 1.66. The maximum absolute atomic E-state index is 12.7. The molecule has 3 aromatic rings. The van der Waals surface area contributed by atoms with Gasteiger partial charge in [-0.15, -0.1) is 0 Å². The molecule has 1 heterocycles. The second-order valence-corrected chi connectivity index (χ2v) is 5.84. The lowest BCUT2D eigenvalue weighted by Crippen LogP contribution is -2.31. The van der Waals surface area contributed by atoms with E-state index in [-0.39, 0.29) is 5.91 Å². The van der Waals surface area contributed by atoms with Crippen LogP contribution in [0.1, 0.15) is 10.4 Å². The fraction of sp³-hybridized carbons (Fsp3) is 0.158. The maximum atomic E-state index is 12.7. The predicted octanol–water partition coefficient (Wildman–Crippen LogP) is 4.04. The summed E-state index contributed by atoms with van der Waals surface area (Å²) in [4.78, 5) is 18.6. The average Bonchev–Trinajstić information content (AvgIpc) is 2.60. The van der Waals surface area contributed by atoms with Crippen LogP contribution in [0.3, 0.4) is 0 Å². The number of amides is 1. The number of carbonyl (C=O) groups excluding carboxylic acids is 1. The highest BCUT2D eigenvalue weighted by atomic mass is 35.5. The minimum atomic E-state index is -0.0525. The van der Waals surface area contributed by atoms with E-state index >= 15 is 0 Å². The number of aromatic nitrogens is 1. The van der Waals surface area contributed by atoms with Crippen molar-refractivity contribution in [1.82, 2.24) is 9.88 Å². The van der Waals surface area contributed by atoms with Crippen LogP contribution >= 0.6 is 11.6 Å². The summed E-state index contributed by atoms with van der Waals surface area (Å²) in [5, 5.41) is 1.48. The average molecular weight is 341 g/mol. The highest BCUT2D eigenvalue weighted by Gasteiger charge is 2.14. The van der Waals surface area contributed by atoms with Crippen molar-refractivity contribution in [3.63, 3.8) is 0 Å². The van der Waals surface area contributed by atoms with Crippen molar-refractivity contribution in [2.75, 3.05) is 20.2 Å². The number of rotatable bonds is 5. The van der Waals surface area contributed by atoms with Crippen LogP contribution in [0.4, 0.5) is 0 Å². The van der Waals surface area contributed by atoms with Gasteiger partial charge in [0, 0.05) is 23.7 Å². The summed E-state index contributed by atoms with van der Waals surface area (Å²) in [5.41, 5.74) is 1.46. The van der Waals surface area contributed by atoms with Gasteiger partial charge >= 0.3 is 0 Å². The monoisotopic (exact) mass is 340 g/mol. The summed E-state index contributed by atoms with van der Waals surface area (Å²) in [7, 11) is 1.76. The first kappa shape index (κ1) is 16.3. The van der Waals surface area contributed by atoms with E-state index in [1.807, 2.05) is 36.4 Å². The predicted molar refractivity (Wildman–Crippen MR) is 95.7 cm³/mol. The molecule has 4 nitrogen and oxygen atoms in total. The van der Waals surface area contributed by atoms with Gasteiger partial charge in [-0.25, -0.2) is 0 Å². The molecule has 1 amide bonds. The van der Waals surface area contributed by atoms with Crippen LogP contribution in [0.5, 0.6) is 5.75 Å². The Labute approximate surface area is 145 Å². The fourth-order valence-corrected chi connectivity index (χ4v) is 2.63. The largest absolute Gasteiger partial charge is 0.492 e. The number of fused-ring (bicyclic) bond motifs is 1. The van der Waals surface area contributed by atoms with Crippen LogP contribution in [0.2, 0.25) is 5.02 Å². The van der Waals surface area contributed by atoms with E-state index in [9.17, 15) is 4.79 Å². The molecule has 0 atom stereocenters. The standard InChI is InChI=1S/C19H17ClN2O2/c1-22(11-12-24-15-6-4-5-14(20)13-15)19(23)17-9-10-21-18-8-3-2-7-16(17)18/h2-10,13H,11-12H2,1H3. The molecule has 0 saturated heterocycles. The molecule has 3 rings (SSSR count). The molecule has 0 aliphatic carbocycles. The summed E-state index contributed by atoms with van der Waals surface area (Å²) in [5.74, 6) is 0.640. The third-order valence-corrected chi connectivity index (χ3v) is 3.95. The van der Waals surface area contributed by atoms with Crippen molar-refractivity contribution < 1.29 is 9.53 Å². The van der Waals surface area contributed by atoms with E-state index in [1.165, 1.54) is 0 Å². The molecule has 0 aliphatic heterocycles. The molecule has 0 N–H and O–H groups in total. The van der Waals surface area contributed by atoms with Gasteiger partial charge < -0.3 is 9.64 Å². The molecule has 2 aromatic carbocycles. The molecule has 0 radical (unpaired) electrons. The smallest absolute Gasteiger partial charge is 0.254 e. The number of pyridine rings is 1. The lowest BCUT2D eigenvalue weighted by molar-refractivity contribution is 0.0775. The molecular weight excluding hydrogens is 324 g/mol. The summed E-state index contributed by atoms with van der Waals surface area (Å²) >= 11 is 5.92. The molecular formula is C19H17ClN2O2. The van der Waals surface area contributed by atoms with Crippen molar-refractivity contribution in [3.05, 3.63) is 71.4 Å². The highest BCUT2D eigenvalue weighted by molar-refractivity contribution is 6.30. The van der Waals surface area contributed by atoms with E-state index in [2.05, 4.69) is 4.98 Å². The zero-order valence-corrected chi connectivity index (χ0v) is 14.0. The summed E-state index contributed by atoms with van der Waals surface area (Å²) in [6.45, 7) is 0.869. The number of hydrogen-bond acceptors (Lipinski definition) is 3. The van der Waals surface area contributed by atoms with Crippen molar-refractivity contribution in [2.24, 2.45) is 0 Å². The maximum Gasteiger partial charge on any atom is 0.254 e. The summed E-state index contributed by atoms with van der Waals surface area (Å²) in [6, 6.07) is 16.6. The first-order valence-corrected chi connectivity index (χ1v) is 8.00. The summed E-state index contributed by atoms with van der Waals surface area (Å²) < 4.78 is 5.64. The molecule has 24 heavy (non-hydrogen) atoms. The van der Waals surface area contributed by atoms with Crippen molar-refractivity contribution >= 4 is 28.4 Å². The van der Waals surface area contributed by atoms with Crippen LogP contribution in [0.25, 0.3) is 10.9 Å². The molecule has 0 saturated carbocycles. The number of para-hydroxylation sites is 1. The van der Waals surface area contributed by atoms with Crippen molar-refractivity contribution in [2.45, 2.75) is 0 Å². The lowest BCUT2D eigenvalue weighted by Gasteiger charge is -2.18. The molecule has 1 aromatic heterocycles. The molecule has 122 valence electrons. The number of nitrogens with zero attached hydrogens (tertiary/aromatic N) is 2. The molecule has 0 bridgehead atoms. The molecule has 5 heteroatoms. The second-order valence-electron chi connectivity index (χ2n) is 5.41. The van der Waals surface area contributed by atoms with E-state index in [1.54, 1.807) is 36.3 Å². The Morgan fingerprint density at radius 1 is 1.17 bits per heavy atom. The Bertz CT molecular complexity index is 861. The van der Waals surface area contributed by atoms with E-state index in [0.717, 1.165) is 10.9 Å². The second kappa shape index (κ2) is 7.32. The fourth-order valence-electron chi connectivity index (χ4n) is 2.45. The topological polar surface area (TPSA) is 42.4 Å². The van der Waals surface area contributed by atoms with Gasteiger partial charge in [-0.1, -0.05) is 35.9 Å². The number of benzene rings is 2. The first-order valence-electron chi connectivity index (χ1n) is 7.63. The normalized spacial score (nSPS) is 10.6. The zero-order valence-electron chi connectivity index (χ0n) is 13.3. The van der Waals surface area contributed by atoms with Crippen LogP contribution in [-0.2, 0) is 0 Å². The number of likely N-dealkylation sites (N-methyl/N-ethyl adjacent to an activating group) is 1. The minimum absolute atomic E-state index is 0.0525. The van der Waals surface area contributed by atoms with Crippen molar-refractivity contribution in [3.8, 4) is 5.75 Å².